The fraction of sp³-hybridized carbons (Fsp3) is 0.533. The maximum atomic E-state index is 10.9. The molecular formula is C15H22Cl2N2O2. The molecule has 1 heterocycles. The average Bonchev–Trinajstić information content (AvgIpc) is 2.41. The molecule has 0 atom stereocenters. The van der Waals surface area contributed by atoms with Gasteiger partial charge in [-0.3, -0.25) is 9.80 Å². The highest BCUT2D eigenvalue weighted by molar-refractivity contribution is 6.31. The van der Waals surface area contributed by atoms with Crippen molar-refractivity contribution in [2.45, 2.75) is 26.4 Å². The van der Waals surface area contributed by atoms with Gasteiger partial charge in [0.25, 0.3) is 0 Å². The monoisotopic (exact) mass is 332 g/mol. The lowest BCUT2D eigenvalue weighted by Gasteiger charge is -2.37. The van der Waals surface area contributed by atoms with Crippen LogP contribution in [0.4, 0.5) is 0 Å². The number of nitrogens with zero attached hydrogens (tertiary/aromatic N) is 2. The molecule has 1 fully saturated rings. The van der Waals surface area contributed by atoms with Gasteiger partial charge in [0, 0.05) is 43.8 Å². The van der Waals surface area contributed by atoms with Gasteiger partial charge in [0.15, 0.2) is 0 Å². The SMILES string of the molecule is CC(C)N1CCN(Cc2ccc(C(=O)O)cc2Cl)CC1.Cl. The molecule has 2 rings (SSSR count). The summed E-state index contributed by atoms with van der Waals surface area (Å²) in [5.41, 5.74) is 1.23. The Kier molecular flexibility index (Phi) is 6.94. The molecule has 1 saturated heterocycles. The van der Waals surface area contributed by atoms with Gasteiger partial charge >= 0.3 is 5.97 Å². The van der Waals surface area contributed by atoms with Crippen molar-refractivity contribution in [1.29, 1.82) is 0 Å². The van der Waals surface area contributed by atoms with Crippen LogP contribution in [0.25, 0.3) is 0 Å². The van der Waals surface area contributed by atoms with E-state index in [0.29, 0.717) is 11.1 Å². The van der Waals surface area contributed by atoms with Crippen LogP contribution in [0.5, 0.6) is 0 Å². The molecule has 0 aliphatic carbocycles. The van der Waals surface area contributed by atoms with Crippen molar-refractivity contribution in [1.82, 2.24) is 9.80 Å². The Morgan fingerprint density at radius 2 is 1.90 bits per heavy atom. The quantitative estimate of drug-likeness (QED) is 0.920. The molecule has 1 aromatic rings. The van der Waals surface area contributed by atoms with Crippen molar-refractivity contribution in [3.8, 4) is 0 Å². The van der Waals surface area contributed by atoms with E-state index in [2.05, 4.69) is 23.6 Å². The van der Waals surface area contributed by atoms with Crippen LogP contribution in [0.2, 0.25) is 5.02 Å². The van der Waals surface area contributed by atoms with E-state index in [0.717, 1.165) is 38.3 Å². The third kappa shape index (κ3) is 4.85. The highest BCUT2D eigenvalue weighted by atomic mass is 35.5. The Morgan fingerprint density at radius 1 is 1.29 bits per heavy atom. The molecule has 0 saturated carbocycles. The second kappa shape index (κ2) is 7.99. The van der Waals surface area contributed by atoms with E-state index in [1.54, 1.807) is 6.07 Å². The van der Waals surface area contributed by atoms with Crippen molar-refractivity contribution >= 4 is 30.0 Å². The maximum Gasteiger partial charge on any atom is 0.335 e. The van der Waals surface area contributed by atoms with Gasteiger partial charge in [-0.2, -0.15) is 0 Å². The Labute approximate surface area is 137 Å². The highest BCUT2D eigenvalue weighted by Crippen LogP contribution is 2.20. The van der Waals surface area contributed by atoms with Crippen LogP contribution in [0.3, 0.4) is 0 Å². The summed E-state index contributed by atoms with van der Waals surface area (Å²) in [4.78, 5) is 15.7. The van der Waals surface area contributed by atoms with Gasteiger partial charge in [-0.1, -0.05) is 17.7 Å². The summed E-state index contributed by atoms with van der Waals surface area (Å²) in [6, 6.07) is 5.56. The zero-order chi connectivity index (χ0) is 14.7. The zero-order valence-corrected chi connectivity index (χ0v) is 14.0. The number of benzene rings is 1. The number of carbonyl (C=O) groups is 1. The van der Waals surface area contributed by atoms with Crippen LogP contribution >= 0.6 is 24.0 Å². The smallest absolute Gasteiger partial charge is 0.335 e. The van der Waals surface area contributed by atoms with Crippen molar-refractivity contribution in [3.05, 3.63) is 34.3 Å². The molecule has 1 aliphatic heterocycles. The highest BCUT2D eigenvalue weighted by Gasteiger charge is 2.19. The van der Waals surface area contributed by atoms with E-state index >= 15 is 0 Å². The maximum absolute atomic E-state index is 10.9. The van der Waals surface area contributed by atoms with Gasteiger partial charge in [-0.05, 0) is 31.5 Å². The molecule has 1 aromatic carbocycles. The lowest BCUT2D eigenvalue weighted by molar-refractivity contribution is 0.0697. The number of carboxylic acid groups (broad SMARTS) is 1. The van der Waals surface area contributed by atoms with Crippen LogP contribution in [-0.2, 0) is 6.54 Å². The summed E-state index contributed by atoms with van der Waals surface area (Å²) in [5.74, 6) is -0.941. The van der Waals surface area contributed by atoms with E-state index in [9.17, 15) is 4.79 Å². The second-order valence-corrected chi connectivity index (χ2v) is 5.92. The number of piperazine rings is 1. The molecule has 0 radical (unpaired) electrons. The normalized spacial score (nSPS) is 16.8. The molecule has 21 heavy (non-hydrogen) atoms. The number of hydrogen-bond donors (Lipinski definition) is 1. The third-order valence-corrected chi connectivity index (χ3v) is 4.18. The molecule has 4 nitrogen and oxygen atoms in total. The van der Waals surface area contributed by atoms with Crippen LogP contribution in [-0.4, -0.2) is 53.1 Å². The van der Waals surface area contributed by atoms with Crippen molar-refractivity contribution in [2.24, 2.45) is 0 Å². The number of rotatable bonds is 4. The zero-order valence-electron chi connectivity index (χ0n) is 12.4. The Morgan fingerprint density at radius 3 is 2.38 bits per heavy atom. The van der Waals surface area contributed by atoms with Crippen molar-refractivity contribution < 1.29 is 9.90 Å². The van der Waals surface area contributed by atoms with Gasteiger partial charge < -0.3 is 5.11 Å². The summed E-state index contributed by atoms with van der Waals surface area (Å²) in [7, 11) is 0. The fourth-order valence-corrected chi connectivity index (χ4v) is 2.73. The standard InChI is InChI=1S/C15H21ClN2O2.ClH/c1-11(2)18-7-5-17(6-8-18)10-13-4-3-12(15(19)20)9-14(13)16;/h3-4,9,11H,5-8,10H2,1-2H3,(H,19,20);1H. The second-order valence-electron chi connectivity index (χ2n) is 5.52. The molecule has 118 valence electrons. The minimum absolute atomic E-state index is 0. The average molecular weight is 333 g/mol. The number of aromatic carboxylic acids is 1. The number of halogens is 2. The van der Waals surface area contributed by atoms with E-state index in [-0.39, 0.29) is 18.0 Å². The molecular weight excluding hydrogens is 311 g/mol. The summed E-state index contributed by atoms with van der Waals surface area (Å²) in [6.45, 7) is 9.41. The molecule has 6 heteroatoms. The molecule has 1 N–H and O–H groups in total. The van der Waals surface area contributed by atoms with Gasteiger partial charge in [-0.15, -0.1) is 12.4 Å². The fourth-order valence-electron chi connectivity index (χ4n) is 2.49. The predicted octanol–water partition coefficient (Wildman–Crippen LogP) is 2.99. The number of carboxylic acids is 1. The minimum atomic E-state index is -0.941. The molecule has 0 spiro atoms. The van der Waals surface area contributed by atoms with Crippen LogP contribution in [0.1, 0.15) is 29.8 Å². The first-order chi connectivity index (χ1) is 9.47. The summed E-state index contributed by atoms with van der Waals surface area (Å²) >= 11 is 6.17. The summed E-state index contributed by atoms with van der Waals surface area (Å²) in [6.07, 6.45) is 0. The topological polar surface area (TPSA) is 43.8 Å². The molecule has 0 aromatic heterocycles. The van der Waals surface area contributed by atoms with E-state index in [1.165, 1.54) is 6.07 Å². The van der Waals surface area contributed by atoms with Gasteiger partial charge in [0.2, 0.25) is 0 Å². The lowest BCUT2D eigenvalue weighted by Crippen LogP contribution is -2.48. The van der Waals surface area contributed by atoms with E-state index < -0.39 is 5.97 Å². The van der Waals surface area contributed by atoms with E-state index in [1.807, 2.05) is 6.07 Å². The summed E-state index contributed by atoms with van der Waals surface area (Å²) in [5, 5.41) is 9.47. The molecule has 0 bridgehead atoms. The van der Waals surface area contributed by atoms with Gasteiger partial charge in [0.05, 0.1) is 5.56 Å². The van der Waals surface area contributed by atoms with Crippen molar-refractivity contribution in [3.63, 3.8) is 0 Å². The Bertz CT molecular complexity index is 487. The molecule has 0 unspecified atom stereocenters. The van der Waals surface area contributed by atoms with E-state index in [4.69, 9.17) is 16.7 Å². The van der Waals surface area contributed by atoms with Crippen LogP contribution in [0, 0.1) is 0 Å². The summed E-state index contributed by atoms with van der Waals surface area (Å²) < 4.78 is 0. The number of hydrogen-bond acceptors (Lipinski definition) is 3. The third-order valence-electron chi connectivity index (χ3n) is 3.83. The Balaban J connectivity index is 0.00000220. The van der Waals surface area contributed by atoms with Crippen LogP contribution < -0.4 is 0 Å². The van der Waals surface area contributed by atoms with Crippen molar-refractivity contribution in [2.75, 3.05) is 26.2 Å². The van der Waals surface area contributed by atoms with Gasteiger partial charge in [0.1, 0.15) is 0 Å². The largest absolute Gasteiger partial charge is 0.478 e. The minimum Gasteiger partial charge on any atom is -0.478 e. The lowest BCUT2D eigenvalue weighted by atomic mass is 10.1. The first-order valence-corrected chi connectivity index (χ1v) is 7.33. The molecule has 1 aliphatic rings. The Hall–Kier alpha value is -0.810. The first-order valence-electron chi connectivity index (χ1n) is 6.95. The molecule has 0 amide bonds. The predicted molar refractivity (Wildman–Crippen MR) is 87.6 cm³/mol. The van der Waals surface area contributed by atoms with Crippen LogP contribution in [0.15, 0.2) is 18.2 Å². The van der Waals surface area contributed by atoms with Gasteiger partial charge in [-0.25, -0.2) is 4.79 Å². The first kappa shape index (κ1) is 18.2.